The van der Waals surface area contributed by atoms with Gasteiger partial charge >= 0.3 is 0 Å². The number of thiophene rings is 1. The maximum atomic E-state index is 12.5. The van der Waals surface area contributed by atoms with E-state index in [0.717, 1.165) is 15.8 Å². The molecule has 27 heavy (non-hydrogen) atoms. The summed E-state index contributed by atoms with van der Waals surface area (Å²) in [4.78, 5) is 29.8. The Bertz CT molecular complexity index is 774. The number of likely N-dealkylation sites (N-methyl/N-ethyl adjacent to an activating group) is 1. The molecular formula is C20H26ClN3O2S. The summed E-state index contributed by atoms with van der Waals surface area (Å²) < 4.78 is 0.750. The Morgan fingerprint density at radius 3 is 2.41 bits per heavy atom. The van der Waals surface area contributed by atoms with E-state index >= 15 is 0 Å². The molecule has 0 aliphatic carbocycles. The first-order valence-corrected chi connectivity index (χ1v) is 10.3. The van der Waals surface area contributed by atoms with Crippen LogP contribution in [0, 0.1) is 0 Å². The molecule has 1 aromatic heterocycles. The number of amides is 2. The Morgan fingerprint density at radius 2 is 1.81 bits per heavy atom. The molecule has 7 heteroatoms. The zero-order valence-electron chi connectivity index (χ0n) is 16.0. The zero-order chi connectivity index (χ0) is 19.8. The molecule has 1 aromatic carbocycles. The third-order valence-electron chi connectivity index (χ3n) is 4.27. The van der Waals surface area contributed by atoms with Crippen molar-refractivity contribution in [1.29, 1.82) is 0 Å². The molecule has 1 N–H and O–H groups in total. The minimum Gasteiger partial charge on any atom is -0.339 e. The number of nitrogens with one attached hydrogen (secondary N) is 1. The van der Waals surface area contributed by atoms with Gasteiger partial charge in [0.05, 0.1) is 10.9 Å². The van der Waals surface area contributed by atoms with Gasteiger partial charge in [0.15, 0.2) is 0 Å². The standard InChI is InChI=1S/C20H26ClN3O2S/c1-4-23(13-17-10-11-18(21)27-17)14-19(25)22-16-9-7-8-15(12-16)20(26)24(5-2)6-3/h7-12H,4-6,13-14H2,1-3H3,(H,22,25). The Labute approximate surface area is 169 Å². The lowest BCUT2D eigenvalue weighted by Gasteiger charge is -2.20. The summed E-state index contributed by atoms with van der Waals surface area (Å²) >= 11 is 7.50. The first kappa shape index (κ1) is 21.4. The van der Waals surface area contributed by atoms with Gasteiger partial charge in [-0.25, -0.2) is 0 Å². The van der Waals surface area contributed by atoms with E-state index in [1.165, 1.54) is 11.3 Å². The lowest BCUT2D eigenvalue weighted by molar-refractivity contribution is -0.117. The first-order valence-electron chi connectivity index (χ1n) is 9.12. The second-order valence-corrected chi connectivity index (χ2v) is 7.92. The van der Waals surface area contributed by atoms with Crippen molar-refractivity contribution in [2.75, 3.05) is 31.5 Å². The van der Waals surface area contributed by atoms with Crippen LogP contribution in [0.1, 0.15) is 36.0 Å². The number of benzene rings is 1. The fraction of sp³-hybridized carbons (Fsp3) is 0.400. The first-order chi connectivity index (χ1) is 13.0. The van der Waals surface area contributed by atoms with Crippen molar-refractivity contribution in [3.63, 3.8) is 0 Å². The molecule has 0 saturated heterocycles. The molecule has 0 fully saturated rings. The molecule has 146 valence electrons. The number of nitrogens with zero attached hydrogens (tertiary/aromatic N) is 2. The molecular weight excluding hydrogens is 382 g/mol. The van der Waals surface area contributed by atoms with Crippen molar-refractivity contribution >= 4 is 40.4 Å². The van der Waals surface area contributed by atoms with Crippen molar-refractivity contribution in [3.05, 3.63) is 51.2 Å². The predicted octanol–water partition coefficient (Wildman–Crippen LogP) is 4.34. The van der Waals surface area contributed by atoms with E-state index in [1.54, 1.807) is 29.2 Å². The molecule has 0 atom stereocenters. The number of carbonyl (C=O) groups is 2. The van der Waals surface area contributed by atoms with Crippen LogP contribution < -0.4 is 5.32 Å². The fourth-order valence-electron chi connectivity index (χ4n) is 2.76. The predicted molar refractivity (Wildman–Crippen MR) is 113 cm³/mol. The minimum absolute atomic E-state index is 0.0270. The second-order valence-electron chi connectivity index (χ2n) is 6.12. The van der Waals surface area contributed by atoms with Gasteiger partial charge in [-0.05, 0) is 50.7 Å². The van der Waals surface area contributed by atoms with Gasteiger partial charge in [0.25, 0.3) is 5.91 Å². The van der Waals surface area contributed by atoms with Crippen LogP contribution in [-0.2, 0) is 11.3 Å². The van der Waals surface area contributed by atoms with Gasteiger partial charge in [0.1, 0.15) is 0 Å². The average molecular weight is 408 g/mol. The van der Waals surface area contributed by atoms with Crippen molar-refractivity contribution in [2.24, 2.45) is 0 Å². The highest BCUT2D eigenvalue weighted by molar-refractivity contribution is 7.16. The van der Waals surface area contributed by atoms with Gasteiger partial charge in [-0.15, -0.1) is 11.3 Å². The van der Waals surface area contributed by atoms with E-state index in [-0.39, 0.29) is 18.4 Å². The summed E-state index contributed by atoms with van der Waals surface area (Å²) in [5, 5.41) is 2.89. The van der Waals surface area contributed by atoms with Crippen molar-refractivity contribution in [1.82, 2.24) is 9.80 Å². The number of rotatable bonds is 9. The van der Waals surface area contributed by atoms with Crippen LogP contribution in [0.3, 0.4) is 0 Å². The van der Waals surface area contributed by atoms with Gasteiger partial charge < -0.3 is 10.2 Å². The van der Waals surface area contributed by atoms with Crippen LogP contribution in [0.25, 0.3) is 0 Å². The maximum Gasteiger partial charge on any atom is 0.253 e. The highest BCUT2D eigenvalue weighted by atomic mass is 35.5. The van der Waals surface area contributed by atoms with Gasteiger partial charge in [-0.2, -0.15) is 0 Å². The molecule has 5 nitrogen and oxygen atoms in total. The van der Waals surface area contributed by atoms with Crippen LogP contribution in [0.15, 0.2) is 36.4 Å². The lowest BCUT2D eigenvalue weighted by Crippen LogP contribution is -2.33. The van der Waals surface area contributed by atoms with E-state index in [2.05, 4.69) is 5.32 Å². The molecule has 2 aromatic rings. The third-order valence-corrected chi connectivity index (χ3v) is 5.48. The largest absolute Gasteiger partial charge is 0.339 e. The normalized spacial score (nSPS) is 10.9. The summed E-state index contributed by atoms with van der Waals surface area (Å²) in [5.41, 5.74) is 1.21. The number of anilines is 1. The van der Waals surface area contributed by atoms with Crippen LogP contribution in [0.5, 0.6) is 0 Å². The fourth-order valence-corrected chi connectivity index (χ4v) is 3.89. The number of hydrogen-bond acceptors (Lipinski definition) is 4. The Hall–Kier alpha value is -1.89. The molecule has 0 bridgehead atoms. The highest BCUT2D eigenvalue weighted by Gasteiger charge is 2.14. The van der Waals surface area contributed by atoms with E-state index < -0.39 is 0 Å². The highest BCUT2D eigenvalue weighted by Crippen LogP contribution is 2.22. The molecule has 0 radical (unpaired) electrons. The van der Waals surface area contributed by atoms with Crippen molar-refractivity contribution in [3.8, 4) is 0 Å². The molecule has 2 amide bonds. The molecule has 0 aliphatic heterocycles. The number of halogens is 1. The number of hydrogen-bond donors (Lipinski definition) is 1. The van der Waals surface area contributed by atoms with Crippen LogP contribution >= 0.6 is 22.9 Å². The summed E-state index contributed by atoms with van der Waals surface area (Å²) in [7, 11) is 0. The monoisotopic (exact) mass is 407 g/mol. The quantitative estimate of drug-likeness (QED) is 0.672. The van der Waals surface area contributed by atoms with Crippen LogP contribution in [-0.4, -0.2) is 47.8 Å². The molecule has 0 saturated carbocycles. The smallest absolute Gasteiger partial charge is 0.253 e. The van der Waals surface area contributed by atoms with E-state index in [4.69, 9.17) is 11.6 Å². The van der Waals surface area contributed by atoms with Crippen molar-refractivity contribution < 1.29 is 9.59 Å². The van der Waals surface area contributed by atoms with Crippen LogP contribution in [0.2, 0.25) is 4.34 Å². The summed E-state index contributed by atoms with van der Waals surface area (Å²) in [6.07, 6.45) is 0. The Morgan fingerprint density at radius 1 is 1.07 bits per heavy atom. The van der Waals surface area contributed by atoms with E-state index in [1.807, 2.05) is 37.8 Å². The van der Waals surface area contributed by atoms with Crippen molar-refractivity contribution in [2.45, 2.75) is 27.3 Å². The maximum absolute atomic E-state index is 12.5. The van der Waals surface area contributed by atoms with Gasteiger partial charge in [0.2, 0.25) is 5.91 Å². The van der Waals surface area contributed by atoms with Crippen LogP contribution in [0.4, 0.5) is 5.69 Å². The van der Waals surface area contributed by atoms with E-state index in [9.17, 15) is 9.59 Å². The second kappa shape index (κ2) is 10.4. The Balaban J connectivity index is 1.98. The van der Waals surface area contributed by atoms with Gasteiger partial charge in [-0.1, -0.05) is 24.6 Å². The molecule has 0 unspecified atom stereocenters. The Kier molecular flexibility index (Phi) is 8.28. The average Bonchev–Trinajstić information content (AvgIpc) is 3.07. The van der Waals surface area contributed by atoms with Gasteiger partial charge in [-0.3, -0.25) is 14.5 Å². The summed E-state index contributed by atoms with van der Waals surface area (Å²) in [5.74, 6) is -0.132. The third kappa shape index (κ3) is 6.34. The SMILES string of the molecule is CCN(CC(=O)Nc1cccc(C(=O)N(CC)CC)c1)Cc1ccc(Cl)s1. The number of carbonyl (C=O) groups excluding carboxylic acids is 2. The molecule has 1 heterocycles. The topological polar surface area (TPSA) is 52.7 Å². The van der Waals surface area contributed by atoms with E-state index in [0.29, 0.717) is 30.9 Å². The molecule has 0 spiro atoms. The zero-order valence-corrected chi connectivity index (χ0v) is 17.6. The van der Waals surface area contributed by atoms with Gasteiger partial charge in [0, 0.05) is 35.8 Å². The summed E-state index contributed by atoms with van der Waals surface area (Å²) in [6.45, 7) is 8.95. The summed E-state index contributed by atoms with van der Waals surface area (Å²) in [6, 6.07) is 10.9. The lowest BCUT2D eigenvalue weighted by atomic mass is 10.1. The minimum atomic E-state index is -0.105. The molecule has 0 aliphatic rings. The molecule has 2 rings (SSSR count).